The minimum Gasteiger partial charge on any atom is -0.495 e. The first-order valence-corrected chi connectivity index (χ1v) is 11.9. The predicted octanol–water partition coefficient (Wildman–Crippen LogP) is 2.85. The largest absolute Gasteiger partial charge is 0.495 e. The number of rotatable bonds is 5. The van der Waals surface area contributed by atoms with Crippen LogP contribution in [0.25, 0.3) is 0 Å². The van der Waals surface area contributed by atoms with Crippen LogP contribution in [0.2, 0.25) is 5.02 Å². The Morgan fingerprint density at radius 3 is 2.28 bits per heavy atom. The normalized spacial score (nSPS) is 17.9. The lowest BCUT2D eigenvalue weighted by Gasteiger charge is -2.19. The van der Waals surface area contributed by atoms with Crippen LogP contribution >= 0.6 is 11.6 Å². The van der Waals surface area contributed by atoms with E-state index < -0.39 is 31.4 Å². The van der Waals surface area contributed by atoms with Crippen molar-refractivity contribution in [2.45, 2.75) is 18.7 Å². The van der Waals surface area contributed by atoms with Crippen molar-refractivity contribution in [3.8, 4) is 5.75 Å². The third-order valence-corrected chi connectivity index (χ3v) is 8.03. The zero-order chi connectivity index (χ0) is 21.6. The Labute approximate surface area is 174 Å². The first-order valence-electron chi connectivity index (χ1n) is 8.41. The molecule has 0 unspecified atom stereocenters. The summed E-state index contributed by atoms with van der Waals surface area (Å²) >= 11 is 5.81. The maximum Gasteiger partial charge on any atom is 0.265 e. The van der Waals surface area contributed by atoms with Gasteiger partial charge in [-0.3, -0.25) is 9.52 Å². The number of nitrogens with zero attached hydrogens (tertiary/aromatic N) is 1. The van der Waals surface area contributed by atoms with Crippen molar-refractivity contribution in [2.24, 2.45) is 5.41 Å². The fourth-order valence-corrected chi connectivity index (χ4v) is 6.46. The highest BCUT2D eigenvalue weighted by molar-refractivity contribution is 7.94. The van der Waals surface area contributed by atoms with Gasteiger partial charge in [0, 0.05) is 10.7 Å². The zero-order valence-corrected chi connectivity index (χ0v) is 18.2. The van der Waals surface area contributed by atoms with Crippen molar-refractivity contribution < 1.29 is 26.4 Å². The summed E-state index contributed by atoms with van der Waals surface area (Å²) in [6, 6.07) is 9.74. The fraction of sp³-hybridized carbons (Fsp3) is 0.278. The smallest absolute Gasteiger partial charge is 0.265 e. The highest BCUT2D eigenvalue weighted by Crippen LogP contribution is 2.38. The number of nitrogens with one attached hydrogen (secondary N) is 1. The molecule has 3 rings (SSSR count). The van der Waals surface area contributed by atoms with Crippen LogP contribution in [0.5, 0.6) is 5.75 Å². The van der Waals surface area contributed by atoms with Gasteiger partial charge in [-0.25, -0.2) is 21.1 Å². The van der Waals surface area contributed by atoms with E-state index >= 15 is 0 Å². The Morgan fingerprint density at radius 1 is 1.14 bits per heavy atom. The average molecular weight is 459 g/mol. The molecule has 2 aromatic rings. The fourth-order valence-electron chi connectivity index (χ4n) is 2.99. The standard InChI is InChI=1S/C18H19ClN2O6S2/c1-18(2)11-28(23,24)21(17(18)22)14-8-9-15(27-3)16(10-14)29(25,26)20-13-6-4-12(19)5-7-13/h4-10,20H,11H2,1-3H3. The first kappa shape index (κ1) is 21.4. The number of ether oxygens (including phenoxy) is 1. The van der Waals surface area contributed by atoms with Gasteiger partial charge in [0.2, 0.25) is 15.9 Å². The molecule has 2 aromatic carbocycles. The van der Waals surface area contributed by atoms with Crippen LogP contribution in [0.1, 0.15) is 13.8 Å². The molecule has 8 nitrogen and oxygen atoms in total. The Morgan fingerprint density at radius 2 is 1.76 bits per heavy atom. The molecule has 1 heterocycles. The van der Waals surface area contributed by atoms with Crippen LogP contribution in [0, 0.1) is 5.41 Å². The van der Waals surface area contributed by atoms with Crippen molar-refractivity contribution in [3.05, 3.63) is 47.5 Å². The molecule has 0 saturated carbocycles. The van der Waals surface area contributed by atoms with E-state index in [0.717, 1.165) is 6.07 Å². The molecule has 0 radical (unpaired) electrons. The molecule has 1 aliphatic rings. The van der Waals surface area contributed by atoms with Crippen molar-refractivity contribution in [2.75, 3.05) is 21.9 Å². The van der Waals surface area contributed by atoms with E-state index in [1.54, 1.807) is 0 Å². The van der Waals surface area contributed by atoms with Crippen LogP contribution in [0.4, 0.5) is 11.4 Å². The Bertz CT molecular complexity index is 1180. The van der Waals surface area contributed by atoms with Gasteiger partial charge in [0.1, 0.15) is 10.6 Å². The number of hydrogen-bond acceptors (Lipinski definition) is 6. The summed E-state index contributed by atoms with van der Waals surface area (Å²) in [7, 11) is -6.80. The average Bonchev–Trinajstić information content (AvgIpc) is 2.79. The second-order valence-corrected chi connectivity index (χ2v) is 11.1. The minimum atomic E-state index is -4.16. The van der Waals surface area contributed by atoms with Crippen molar-refractivity contribution in [1.29, 1.82) is 0 Å². The molecule has 0 bridgehead atoms. The van der Waals surface area contributed by atoms with E-state index in [0.29, 0.717) is 9.33 Å². The molecular formula is C18H19ClN2O6S2. The van der Waals surface area contributed by atoms with Gasteiger partial charge in [-0.1, -0.05) is 11.6 Å². The van der Waals surface area contributed by atoms with Crippen LogP contribution in [-0.2, 0) is 24.8 Å². The second kappa shape index (κ2) is 7.19. The first-order chi connectivity index (χ1) is 13.4. The highest BCUT2D eigenvalue weighted by Gasteiger charge is 2.50. The van der Waals surface area contributed by atoms with Gasteiger partial charge in [-0.2, -0.15) is 0 Å². The summed E-state index contributed by atoms with van der Waals surface area (Å²) in [6.07, 6.45) is 0. The minimum absolute atomic E-state index is 0.00137. The number of benzene rings is 2. The van der Waals surface area contributed by atoms with E-state index in [-0.39, 0.29) is 27.8 Å². The topological polar surface area (TPSA) is 110 Å². The number of methoxy groups -OCH3 is 1. The molecule has 0 spiro atoms. The maximum atomic E-state index is 12.9. The second-order valence-electron chi connectivity index (χ2n) is 7.16. The summed E-state index contributed by atoms with van der Waals surface area (Å²) in [4.78, 5) is 12.3. The highest BCUT2D eigenvalue weighted by atomic mass is 35.5. The van der Waals surface area contributed by atoms with E-state index in [1.807, 2.05) is 0 Å². The van der Waals surface area contributed by atoms with Crippen LogP contribution in [-0.4, -0.2) is 35.6 Å². The van der Waals surface area contributed by atoms with Gasteiger partial charge in [0.25, 0.3) is 10.0 Å². The van der Waals surface area contributed by atoms with E-state index in [1.165, 1.54) is 57.4 Å². The Balaban J connectivity index is 2.08. The lowest BCUT2D eigenvalue weighted by Crippen LogP contribution is -2.33. The molecule has 156 valence electrons. The van der Waals surface area contributed by atoms with Gasteiger partial charge >= 0.3 is 0 Å². The molecule has 29 heavy (non-hydrogen) atoms. The zero-order valence-electron chi connectivity index (χ0n) is 15.8. The van der Waals surface area contributed by atoms with E-state index in [9.17, 15) is 21.6 Å². The molecule has 0 aromatic heterocycles. The molecule has 1 amide bonds. The molecule has 1 aliphatic heterocycles. The van der Waals surface area contributed by atoms with Gasteiger partial charge in [-0.05, 0) is 56.3 Å². The van der Waals surface area contributed by atoms with Gasteiger partial charge in [0.15, 0.2) is 0 Å². The lowest BCUT2D eigenvalue weighted by atomic mass is 9.95. The Hall–Kier alpha value is -2.30. The van der Waals surface area contributed by atoms with Crippen molar-refractivity contribution in [1.82, 2.24) is 0 Å². The number of halogens is 1. The summed E-state index contributed by atoms with van der Waals surface area (Å²) in [5.41, 5.74) is -0.926. The number of carbonyl (C=O) groups is 1. The van der Waals surface area contributed by atoms with Gasteiger partial charge in [0.05, 0.1) is 24.0 Å². The van der Waals surface area contributed by atoms with Crippen LogP contribution in [0.3, 0.4) is 0 Å². The van der Waals surface area contributed by atoms with Crippen molar-refractivity contribution in [3.63, 3.8) is 0 Å². The van der Waals surface area contributed by atoms with E-state index in [4.69, 9.17) is 16.3 Å². The number of hydrogen-bond donors (Lipinski definition) is 1. The molecule has 0 aliphatic carbocycles. The molecule has 1 saturated heterocycles. The van der Waals surface area contributed by atoms with Gasteiger partial charge < -0.3 is 4.74 Å². The number of carbonyl (C=O) groups excluding carboxylic acids is 1. The third-order valence-electron chi connectivity index (χ3n) is 4.35. The Kier molecular flexibility index (Phi) is 5.31. The van der Waals surface area contributed by atoms with Crippen molar-refractivity contribution >= 4 is 48.9 Å². The quantitative estimate of drug-likeness (QED) is 0.737. The number of amides is 1. The third kappa shape index (κ3) is 4.05. The SMILES string of the molecule is COc1ccc(N2C(=O)C(C)(C)CS2(=O)=O)cc1S(=O)(=O)Nc1ccc(Cl)cc1. The molecule has 1 N–H and O–H groups in total. The lowest BCUT2D eigenvalue weighted by molar-refractivity contribution is -0.123. The summed E-state index contributed by atoms with van der Waals surface area (Å²) in [5.74, 6) is -0.995. The molecule has 11 heteroatoms. The van der Waals surface area contributed by atoms with Gasteiger partial charge in [-0.15, -0.1) is 0 Å². The van der Waals surface area contributed by atoms with Crippen LogP contribution < -0.4 is 13.8 Å². The maximum absolute atomic E-state index is 12.9. The molecule has 0 atom stereocenters. The van der Waals surface area contributed by atoms with E-state index in [2.05, 4.69) is 4.72 Å². The van der Waals surface area contributed by atoms with Crippen LogP contribution in [0.15, 0.2) is 47.4 Å². The molecule has 1 fully saturated rings. The summed E-state index contributed by atoms with van der Waals surface area (Å²) in [6.45, 7) is 3.05. The summed E-state index contributed by atoms with van der Waals surface area (Å²) in [5, 5.41) is 0.438. The number of anilines is 2. The summed E-state index contributed by atoms with van der Waals surface area (Å²) < 4.78 is 59.1. The number of sulfonamides is 2. The molecular weight excluding hydrogens is 440 g/mol. The monoisotopic (exact) mass is 458 g/mol. The predicted molar refractivity (Wildman–Crippen MR) is 110 cm³/mol.